The van der Waals surface area contributed by atoms with Crippen LogP contribution in [0.3, 0.4) is 0 Å². The fraction of sp³-hybridized carbons (Fsp3) is 0.696. The van der Waals surface area contributed by atoms with Crippen LogP contribution >= 0.6 is 11.6 Å². The second kappa shape index (κ2) is 15.1. The van der Waals surface area contributed by atoms with Crippen molar-refractivity contribution < 1.29 is 9.90 Å². The largest absolute Gasteiger partial charge is 0.508 e. The normalized spacial score (nSPS) is 12.2. The summed E-state index contributed by atoms with van der Waals surface area (Å²) in [5, 5.41) is 8.83. The van der Waals surface area contributed by atoms with E-state index in [4.69, 9.17) is 11.6 Å². The Balaban J connectivity index is 1.94. The molecule has 0 fully saturated rings. The maximum atomic E-state index is 12.1. The molecule has 26 heavy (non-hydrogen) atoms. The van der Waals surface area contributed by atoms with Crippen molar-refractivity contribution in [3.05, 3.63) is 29.8 Å². The molecule has 1 aromatic carbocycles. The Morgan fingerprint density at radius 1 is 0.885 bits per heavy atom. The van der Waals surface area contributed by atoms with E-state index in [1.54, 1.807) is 24.3 Å². The number of unbranched alkanes of at least 4 members (excludes halogenated alkanes) is 12. The zero-order valence-electron chi connectivity index (χ0n) is 16.5. The second-order valence-corrected chi connectivity index (χ2v) is 7.85. The lowest BCUT2D eigenvalue weighted by Gasteiger charge is -2.09. The first-order valence-electron chi connectivity index (χ1n) is 10.6. The van der Waals surface area contributed by atoms with Gasteiger partial charge in [0.25, 0.3) is 0 Å². The molecule has 3 heteroatoms. The number of phenols is 1. The van der Waals surface area contributed by atoms with E-state index in [0.29, 0.717) is 12.0 Å². The quantitative estimate of drug-likeness (QED) is 0.235. The molecular formula is C23H37ClO2. The minimum atomic E-state index is -0.639. The molecule has 0 spiro atoms. The van der Waals surface area contributed by atoms with Gasteiger partial charge in [-0.15, -0.1) is 11.6 Å². The average molecular weight is 381 g/mol. The van der Waals surface area contributed by atoms with Gasteiger partial charge in [-0.05, 0) is 24.1 Å². The van der Waals surface area contributed by atoms with E-state index in [1.807, 2.05) is 0 Å². The number of phenolic OH excluding ortho intramolecular Hbond substituents is 1. The Morgan fingerprint density at radius 2 is 1.38 bits per heavy atom. The van der Waals surface area contributed by atoms with E-state index < -0.39 is 5.38 Å². The van der Waals surface area contributed by atoms with Crippen molar-refractivity contribution >= 4 is 17.4 Å². The van der Waals surface area contributed by atoms with Crippen molar-refractivity contribution in [1.82, 2.24) is 0 Å². The molecule has 0 aliphatic heterocycles. The first-order valence-corrected chi connectivity index (χ1v) is 11.0. The number of carbonyl (C=O) groups excluding carboxylic acids is 1. The van der Waals surface area contributed by atoms with Gasteiger partial charge in [-0.25, -0.2) is 0 Å². The summed E-state index contributed by atoms with van der Waals surface area (Å²) >= 11 is 6.22. The third-order valence-electron chi connectivity index (χ3n) is 4.97. The lowest BCUT2D eigenvalue weighted by atomic mass is 10.0. The minimum Gasteiger partial charge on any atom is -0.508 e. The molecule has 1 aromatic rings. The summed E-state index contributed by atoms with van der Waals surface area (Å²) in [7, 11) is 0. The number of rotatable bonds is 16. The highest BCUT2D eigenvalue weighted by Gasteiger charge is 2.17. The standard InChI is InChI=1S/C23H37ClO2/c1-2-3-4-5-6-7-8-9-10-11-12-13-14-18-22(26)23(24)20-16-15-17-21(25)19-20/h15-17,19,23,25H,2-14,18H2,1H3. The van der Waals surface area contributed by atoms with E-state index in [-0.39, 0.29) is 11.5 Å². The first kappa shape index (κ1) is 23.0. The Hall–Kier alpha value is -1.02. The summed E-state index contributed by atoms with van der Waals surface area (Å²) in [4.78, 5) is 12.1. The highest BCUT2D eigenvalue weighted by Crippen LogP contribution is 2.26. The number of halogens is 1. The highest BCUT2D eigenvalue weighted by molar-refractivity contribution is 6.31. The molecule has 0 aliphatic carbocycles. The van der Waals surface area contributed by atoms with Crippen molar-refractivity contribution in [2.24, 2.45) is 0 Å². The summed E-state index contributed by atoms with van der Waals surface area (Å²) in [6.45, 7) is 2.26. The van der Waals surface area contributed by atoms with Crippen LogP contribution in [-0.4, -0.2) is 10.9 Å². The Kier molecular flexibility index (Phi) is 13.4. The van der Waals surface area contributed by atoms with Crippen LogP contribution in [0.5, 0.6) is 5.75 Å². The smallest absolute Gasteiger partial charge is 0.155 e. The zero-order chi connectivity index (χ0) is 19.0. The molecule has 1 rings (SSSR count). The third-order valence-corrected chi connectivity index (χ3v) is 5.47. The van der Waals surface area contributed by atoms with Gasteiger partial charge in [-0.2, -0.15) is 0 Å². The molecular weight excluding hydrogens is 344 g/mol. The van der Waals surface area contributed by atoms with Gasteiger partial charge in [0.05, 0.1) is 0 Å². The molecule has 2 nitrogen and oxygen atoms in total. The molecule has 1 atom stereocenters. The SMILES string of the molecule is CCCCCCCCCCCCCCCC(=O)C(Cl)c1cccc(O)c1. The molecule has 1 unspecified atom stereocenters. The van der Waals surface area contributed by atoms with Gasteiger partial charge < -0.3 is 5.11 Å². The van der Waals surface area contributed by atoms with Crippen LogP contribution in [0.4, 0.5) is 0 Å². The number of aromatic hydroxyl groups is 1. The molecule has 0 amide bonds. The van der Waals surface area contributed by atoms with Gasteiger partial charge in [0, 0.05) is 6.42 Å². The lowest BCUT2D eigenvalue weighted by molar-refractivity contribution is -0.118. The Morgan fingerprint density at radius 3 is 1.88 bits per heavy atom. The topological polar surface area (TPSA) is 37.3 Å². The monoisotopic (exact) mass is 380 g/mol. The molecule has 0 aromatic heterocycles. The van der Waals surface area contributed by atoms with Crippen LogP contribution in [0.1, 0.15) is 108 Å². The van der Waals surface area contributed by atoms with E-state index in [9.17, 15) is 9.90 Å². The highest BCUT2D eigenvalue weighted by atomic mass is 35.5. The van der Waals surface area contributed by atoms with Crippen LogP contribution in [0.15, 0.2) is 24.3 Å². The predicted octanol–water partition coefficient (Wildman–Crippen LogP) is 7.72. The number of Topliss-reactive ketones (excluding diaryl/α,β-unsaturated/α-hetero) is 1. The van der Waals surface area contributed by atoms with Crippen molar-refractivity contribution in [3.8, 4) is 5.75 Å². The maximum Gasteiger partial charge on any atom is 0.155 e. The maximum absolute atomic E-state index is 12.1. The van der Waals surface area contributed by atoms with E-state index in [1.165, 1.54) is 70.6 Å². The van der Waals surface area contributed by atoms with Gasteiger partial charge >= 0.3 is 0 Å². The van der Waals surface area contributed by atoms with Gasteiger partial charge in [0.1, 0.15) is 11.1 Å². The van der Waals surface area contributed by atoms with E-state index in [0.717, 1.165) is 12.8 Å². The van der Waals surface area contributed by atoms with Crippen LogP contribution in [0.25, 0.3) is 0 Å². The summed E-state index contributed by atoms with van der Waals surface area (Å²) in [6.07, 6.45) is 17.4. The Labute approximate surface area is 165 Å². The van der Waals surface area contributed by atoms with Crippen LogP contribution in [0, 0.1) is 0 Å². The summed E-state index contributed by atoms with van der Waals surface area (Å²) in [5.74, 6) is 0.210. The average Bonchev–Trinajstić information content (AvgIpc) is 2.64. The summed E-state index contributed by atoms with van der Waals surface area (Å²) in [6, 6.07) is 6.67. The zero-order valence-corrected chi connectivity index (χ0v) is 17.3. The molecule has 0 aliphatic rings. The molecule has 0 saturated heterocycles. The molecule has 0 bridgehead atoms. The fourth-order valence-electron chi connectivity index (χ4n) is 3.31. The van der Waals surface area contributed by atoms with Gasteiger partial charge in [-0.1, -0.05) is 96.1 Å². The van der Waals surface area contributed by atoms with Crippen molar-refractivity contribution in [1.29, 1.82) is 0 Å². The molecule has 0 saturated carbocycles. The van der Waals surface area contributed by atoms with Gasteiger partial charge in [0.2, 0.25) is 0 Å². The first-order chi connectivity index (χ1) is 12.6. The summed E-state index contributed by atoms with van der Waals surface area (Å²) in [5.41, 5.74) is 0.686. The van der Waals surface area contributed by atoms with E-state index in [2.05, 4.69) is 6.92 Å². The van der Waals surface area contributed by atoms with Crippen molar-refractivity contribution in [2.75, 3.05) is 0 Å². The van der Waals surface area contributed by atoms with Gasteiger partial charge in [-0.3, -0.25) is 4.79 Å². The lowest BCUT2D eigenvalue weighted by Crippen LogP contribution is -2.06. The second-order valence-electron chi connectivity index (χ2n) is 7.42. The number of benzene rings is 1. The molecule has 1 N–H and O–H groups in total. The van der Waals surface area contributed by atoms with Crippen LogP contribution in [-0.2, 0) is 4.79 Å². The molecule has 148 valence electrons. The molecule has 0 heterocycles. The van der Waals surface area contributed by atoms with E-state index >= 15 is 0 Å². The fourth-order valence-corrected chi connectivity index (χ4v) is 3.56. The number of hydrogen-bond donors (Lipinski definition) is 1. The predicted molar refractivity (Wildman–Crippen MR) is 112 cm³/mol. The Bertz CT molecular complexity index is 487. The van der Waals surface area contributed by atoms with Gasteiger partial charge in [0.15, 0.2) is 5.78 Å². The summed E-state index contributed by atoms with van der Waals surface area (Å²) < 4.78 is 0. The minimum absolute atomic E-state index is 0.0559. The molecule has 0 radical (unpaired) electrons. The third kappa shape index (κ3) is 10.9. The van der Waals surface area contributed by atoms with Crippen LogP contribution < -0.4 is 0 Å². The number of alkyl halides is 1. The number of ketones is 1. The number of carbonyl (C=O) groups is 1. The number of hydrogen-bond acceptors (Lipinski definition) is 2. The van der Waals surface area contributed by atoms with Crippen LogP contribution in [0.2, 0.25) is 0 Å². The van der Waals surface area contributed by atoms with Crippen molar-refractivity contribution in [2.45, 2.75) is 102 Å². The van der Waals surface area contributed by atoms with Crippen molar-refractivity contribution in [3.63, 3.8) is 0 Å².